The molecule has 0 saturated carbocycles. The Hall–Kier alpha value is -1.21. The summed E-state index contributed by atoms with van der Waals surface area (Å²) in [5, 5.41) is 6.63. The maximum absolute atomic E-state index is 11.4. The van der Waals surface area contributed by atoms with Crippen LogP contribution in [0.15, 0.2) is 0 Å². The van der Waals surface area contributed by atoms with Crippen LogP contribution < -0.4 is 10.6 Å². The Labute approximate surface area is 118 Å². The fourth-order valence-electron chi connectivity index (χ4n) is 1.26. The quantitative estimate of drug-likeness (QED) is 0.741. The molecule has 6 nitrogen and oxygen atoms in total. The summed E-state index contributed by atoms with van der Waals surface area (Å²) in [6.07, 6.45) is 0.411. The van der Waals surface area contributed by atoms with Gasteiger partial charge in [-0.15, -0.1) is 0 Å². The molecule has 0 spiro atoms. The van der Waals surface area contributed by atoms with Crippen molar-refractivity contribution >= 4 is 22.6 Å². The Balaban J connectivity index is 2.26. The lowest BCUT2D eigenvalue weighted by Gasteiger charge is -2.12. The van der Waals surface area contributed by atoms with E-state index in [1.54, 1.807) is 7.11 Å². The molecular formula is C12H22N4O2S. The highest BCUT2D eigenvalue weighted by atomic mass is 32.1. The maximum atomic E-state index is 11.4. The average Bonchev–Trinajstić information content (AvgIpc) is 2.78. The summed E-state index contributed by atoms with van der Waals surface area (Å²) in [7, 11) is 1.61. The van der Waals surface area contributed by atoms with Crippen LogP contribution in [-0.4, -0.2) is 42.1 Å². The summed E-state index contributed by atoms with van der Waals surface area (Å²) < 4.78 is 9.15. The van der Waals surface area contributed by atoms with Crippen LogP contribution in [0.2, 0.25) is 0 Å². The zero-order valence-electron chi connectivity index (χ0n) is 11.9. The van der Waals surface area contributed by atoms with Crippen LogP contribution in [0.5, 0.6) is 0 Å². The number of anilines is 1. The van der Waals surface area contributed by atoms with Crippen molar-refractivity contribution < 1.29 is 9.53 Å². The predicted molar refractivity (Wildman–Crippen MR) is 76.6 cm³/mol. The summed E-state index contributed by atoms with van der Waals surface area (Å²) in [4.78, 5) is 15.8. The molecule has 19 heavy (non-hydrogen) atoms. The van der Waals surface area contributed by atoms with E-state index in [9.17, 15) is 4.79 Å². The number of rotatable bonds is 7. The van der Waals surface area contributed by atoms with E-state index < -0.39 is 0 Å². The molecule has 0 aliphatic carbocycles. The first-order valence-corrected chi connectivity index (χ1v) is 7.04. The number of hydrogen-bond donors (Lipinski definition) is 2. The van der Waals surface area contributed by atoms with Gasteiger partial charge in [-0.2, -0.15) is 4.37 Å². The summed E-state index contributed by atoms with van der Waals surface area (Å²) in [6.45, 7) is 7.84. The molecule has 1 heterocycles. The second-order valence-electron chi connectivity index (χ2n) is 5.19. The monoisotopic (exact) mass is 286 g/mol. The zero-order valence-corrected chi connectivity index (χ0v) is 12.8. The van der Waals surface area contributed by atoms with Crippen LogP contribution in [0.25, 0.3) is 0 Å². The van der Waals surface area contributed by atoms with E-state index in [0.29, 0.717) is 26.1 Å². The third kappa shape index (κ3) is 5.98. The van der Waals surface area contributed by atoms with Crippen LogP contribution in [0.4, 0.5) is 5.13 Å². The number of methoxy groups -OCH3 is 1. The number of hydrogen-bond acceptors (Lipinski definition) is 6. The van der Waals surface area contributed by atoms with Gasteiger partial charge in [-0.05, 0) is 0 Å². The highest BCUT2D eigenvalue weighted by Gasteiger charge is 2.19. The Bertz CT molecular complexity index is 401. The van der Waals surface area contributed by atoms with Gasteiger partial charge in [-0.25, -0.2) is 4.98 Å². The second kappa shape index (κ2) is 7.40. The van der Waals surface area contributed by atoms with Gasteiger partial charge < -0.3 is 15.4 Å². The summed E-state index contributed by atoms with van der Waals surface area (Å²) in [5.74, 6) is 0.828. The molecule has 0 aliphatic rings. The number of ether oxygens (including phenoxy) is 1. The summed E-state index contributed by atoms with van der Waals surface area (Å²) in [6, 6.07) is 0. The van der Waals surface area contributed by atoms with Gasteiger partial charge in [0.05, 0.1) is 6.61 Å². The maximum Gasteiger partial charge on any atom is 0.221 e. The molecule has 0 radical (unpaired) electrons. The lowest BCUT2D eigenvalue weighted by molar-refractivity contribution is -0.121. The first-order chi connectivity index (χ1) is 8.93. The molecule has 0 unspecified atom stereocenters. The molecular weight excluding hydrogens is 264 g/mol. The van der Waals surface area contributed by atoms with Crippen LogP contribution in [0.3, 0.4) is 0 Å². The first kappa shape index (κ1) is 15.8. The van der Waals surface area contributed by atoms with Crippen molar-refractivity contribution in [3.05, 3.63) is 5.82 Å². The van der Waals surface area contributed by atoms with Gasteiger partial charge in [0.25, 0.3) is 0 Å². The van der Waals surface area contributed by atoms with Crippen LogP contribution in [0, 0.1) is 0 Å². The minimum Gasteiger partial charge on any atom is -0.383 e. The molecule has 0 aromatic carbocycles. The van der Waals surface area contributed by atoms with E-state index in [2.05, 4.69) is 40.8 Å². The van der Waals surface area contributed by atoms with Crippen LogP contribution in [0.1, 0.15) is 33.0 Å². The van der Waals surface area contributed by atoms with E-state index in [4.69, 9.17) is 4.74 Å². The molecule has 0 atom stereocenters. The largest absolute Gasteiger partial charge is 0.383 e. The van der Waals surface area contributed by atoms with Gasteiger partial charge in [0, 0.05) is 43.6 Å². The van der Waals surface area contributed by atoms with E-state index in [1.165, 1.54) is 11.5 Å². The molecule has 2 N–H and O–H groups in total. The van der Waals surface area contributed by atoms with Crippen molar-refractivity contribution in [3.8, 4) is 0 Å². The highest BCUT2D eigenvalue weighted by molar-refractivity contribution is 7.09. The molecule has 0 bridgehead atoms. The lowest BCUT2D eigenvalue weighted by atomic mass is 9.96. The van der Waals surface area contributed by atoms with Crippen molar-refractivity contribution in [2.45, 2.75) is 32.6 Å². The third-order valence-corrected chi connectivity index (χ3v) is 3.03. The SMILES string of the molecule is COCCNC(=O)CCNc1nc(C(C)(C)C)ns1. The molecule has 1 amide bonds. The Morgan fingerprint density at radius 3 is 2.68 bits per heavy atom. The summed E-state index contributed by atoms with van der Waals surface area (Å²) >= 11 is 1.33. The molecule has 0 aliphatic heterocycles. The molecule has 1 aromatic rings. The van der Waals surface area contributed by atoms with Gasteiger partial charge in [0.1, 0.15) is 5.82 Å². The molecule has 108 valence electrons. The molecule has 0 saturated heterocycles. The predicted octanol–water partition coefficient (Wildman–Crippen LogP) is 1.40. The number of carbonyl (C=O) groups excluding carboxylic acids is 1. The van der Waals surface area contributed by atoms with Gasteiger partial charge in [-0.1, -0.05) is 20.8 Å². The average molecular weight is 286 g/mol. The van der Waals surface area contributed by atoms with Crippen LogP contribution >= 0.6 is 11.5 Å². The zero-order chi connectivity index (χ0) is 14.3. The minimum absolute atomic E-state index is 0.00473. The number of aromatic nitrogens is 2. The molecule has 1 aromatic heterocycles. The van der Waals surface area contributed by atoms with Crippen molar-refractivity contribution in [3.63, 3.8) is 0 Å². The second-order valence-corrected chi connectivity index (χ2v) is 5.94. The smallest absolute Gasteiger partial charge is 0.221 e. The number of nitrogens with one attached hydrogen (secondary N) is 2. The van der Waals surface area contributed by atoms with E-state index in [0.717, 1.165) is 11.0 Å². The number of nitrogens with zero attached hydrogens (tertiary/aromatic N) is 2. The van der Waals surface area contributed by atoms with E-state index >= 15 is 0 Å². The topological polar surface area (TPSA) is 76.1 Å². The van der Waals surface area contributed by atoms with Gasteiger partial charge in [-0.3, -0.25) is 4.79 Å². The van der Waals surface area contributed by atoms with Gasteiger partial charge >= 0.3 is 0 Å². The van der Waals surface area contributed by atoms with E-state index in [1.807, 2.05) is 0 Å². The van der Waals surface area contributed by atoms with Crippen molar-refractivity contribution in [2.75, 3.05) is 32.1 Å². The first-order valence-electron chi connectivity index (χ1n) is 6.27. The Morgan fingerprint density at radius 2 is 2.11 bits per heavy atom. The Morgan fingerprint density at radius 1 is 1.37 bits per heavy atom. The van der Waals surface area contributed by atoms with Crippen molar-refractivity contribution in [2.24, 2.45) is 0 Å². The molecule has 7 heteroatoms. The fraction of sp³-hybridized carbons (Fsp3) is 0.750. The summed E-state index contributed by atoms with van der Waals surface area (Å²) in [5.41, 5.74) is -0.0477. The van der Waals surface area contributed by atoms with Crippen molar-refractivity contribution in [1.29, 1.82) is 0 Å². The minimum atomic E-state index is -0.0477. The fourth-order valence-corrected chi connectivity index (χ4v) is 2.05. The highest BCUT2D eigenvalue weighted by Crippen LogP contribution is 2.22. The van der Waals surface area contributed by atoms with Crippen molar-refractivity contribution in [1.82, 2.24) is 14.7 Å². The van der Waals surface area contributed by atoms with Gasteiger partial charge in [0.15, 0.2) is 0 Å². The third-order valence-electron chi connectivity index (χ3n) is 2.35. The number of carbonyl (C=O) groups is 1. The molecule has 1 rings (SSSR count). The number of amides is 1. The van der Waals surface area contributed by atoms with E-state index in [-0.39, 0.29) is 11.3 Å². The normalized spacial score (nSPS) is 11.4. The van der Waals surface area contributed by atoms with Crippen LogP contribution in [-0.2, 0) is 14.9 Å². The van der Waals surface area contributed by atoms with Gasteiger partial charge in [0.2, 0.25) is 11.0 Å². The Kier molecular flexibility index (Phi) is 6.17. The lowest BCUT2D eigenvalue weighted by Crippen LogP contribution is -2.28. The standard InChI is InChI=1S/C12H22N4O2S/c1-12(2,3)10-15-11(19-16-10)14-6-5-9(17)13-7-8-18-4/h5-8H2,1-4H3,(H,13,17)(H,14,15,16). The molecule has 0 fully saturated rings.